The first-order valence-corrected chi connectivity index (χ1v) is 11.8. The van der Waals surface area contributed by atoms with E-state index >= 15 is 0 Å². The lowest BCUT2D eigenvalue weighted by Crippen LogP contribution is -2.29. The smallest absolute Gasteiger partial charge is 0.124 e. The van der Waals surface area contributed by atoms with Gasteiger partial charge in [-0.2, -0.15) is 0 Å². The highest BCUT2D eigenvalue weighted by atomic mass is 16.5. The number of nitrogens with zero attached hydrogens (tertiary/aromatic N) is 2. The predicted molar refractivity (Wildman–Crippen MR) is 135 cm³/mol. The van der Waals surface area contributed by atoms with Crippen molar-refractivity contribution in [1.82, 2.24) is 4.90 Å². The van der Waals surface area contributed by atoms with Gasteiger partial charge >= 0.3 is 0 Å². The highest BCUT2D eigenvalue weighted by Crippen LogP contribution is 2.43. The Labute approximate surface area is 193 Å². The molecule has 0 saturated carbocycles. The van der Waals surface area contributed by atoms with Crippen molar-refractivity contribution in [2.24, 2.45) is 10.4 Å². The Morgan fingerprint density at radius 2 is 1.84 bits per heavy atom. The predicted octanol–water partition coefficient (Wildman–Crippen LogP) is 7.23. The molecule has 0 N–H and O–H groups in total. The molecule has 1 aliphatic carbocycles. The summed E-state index contributed by atoms with van der Waals surface area (Å²) in [6.07, 6.45) is 5.12. The van der Waals surface area contributed by atoms with Crippen LogP contribution in [0.3, 0.4) is 0 Å². The van der Waals surface area contributed by atoms with E-state index < -0.39 is 0 Å². The molecular formula is C29H36N2O. The summed E-state index contributed by atoms with van der Waals surface area (Å²) >= 11 is 0. The van der Waals surface area contributed by atoms with Crippen LogP contribution >= 0.6 is 0 Å². The fourth-order valence-corrected chi connectivity index (χ4v) is 4.76. The molecule has 0 saturated heterocycles. The number of ether oxygens (including phenoxy) is 1. The minimum Gasteiger partial charge on any atom is -0.491 e. The normalized spacial score (nSPS) is 18.3. The van der Waals surface area contributed by atoms with Gasteiger partial charge in [0.2, 0.25) is 0 Å². The van der Waals surface area contributed by atoms with Gasteiger partial charge in [0.25, 0.3) is 0 Å². The van der Waals surface area contributed by atoms with E-state index in [1.165, 1.54) is 45.5 Å². The molecule has 1 aliphatic heterocycles. The third kappa shape index (κ3) is 4.67. The van der Waals surface area contributed by atoms with Crippen molar-refractivity contribution < 1.29 is 4.74 Å². The lowest BCUT2D eigenvalue weighted by molar-refractivity contribution is 0.257. The molecule has 1 heterocycles. The monoisotopic (exact) mass is 428 g/mol. The van der Waals surface area contributed by atoms with Crippen LogP contribution in [0.25, 0.3) is 11.1 Å². The Morgan fingerprint density at radius 1 is 1.09 bits per heavy atom. The second-order valence-electron chi connectivity index (χ2n) is 9.99. The number of hydrogen-bond acceptors (Lipinski definition) is 3. The number of aryl methyl sites for hydroxylation is 2. The van der Waals surface area contributed by atoms with E-state index in [0.29, 0.717) is 6.61 Å². The van der Waals surface area contributed by atoms with Crippen LogP contribution in [0, 0.1) is 19.3 Å². The quantitative estimate of drug-likeness (QED) is 0.480. The molecule has 0 amide bonds. The van der Waals surface area contributed by atoms with Gasteiger partial charge in [-0.25, -0.2) is 0 Å². The third-order valence-electron chi connectivity index (χ3n) is 6.94. The van der Waals surface area contributed by atoms with Crippen LogP contribution in [-0.2, 0) is 6.54 Å². The second-order valence-corrected chi connectivity index (χ2v) is 9.99. The summed E-state index contributed by atoms with van der Waals surface area (Å²) in [6.45, 7) is 17.9. The van der Waals surface area contributed by atoms with E-state index in [2.05, 4.69) is 75.6 Å². The highest BCUT2D eigenvalue weighted by Gasteiger charge is 2.30. The van der Waals surface area contributed by atoms with Crippen LogP contribution in [0.15, 0.2) is 64.9 Å². The molecule has 2 aromatic rings. The van der Waals surface area contributed by atoms with Crippen LogP contribution in [0.2, 0.25) is 0 Å². The summed E-state index contributed by atoms with van der Waals surface area (Å²) in [6, 6.07) is 13.3. The van der Waals surface area contributed by atoms with Gasteiger partial charge in [-0.05, 0) is 85.4 Å². The molecule has 0 aromatic heterocycles. The van der Waals surface area contributed by atoms with Crippen molar-refractivity contribution in [1.29, 1.82) is 0 Å². The summed E-state index contributed by atoms with van der Waals surface area (Å²) in [5.41, 5.74) is 10.2. The van der Waals surface area contributed by atoms with Gasteiger partial charge in [0.05, 0.1) is 6.54 Å². The van der Waals surface area contributed by atoms with Crippen molar-refractivity contribution in [3.63, 3.8) is 0 Å². The van der Waals surface area contributed by atoms with Crippen LogP contribution < -0.4 is 4.74 Å². The fourth-order valence-electron chi connectivity index (χ4n) is 4.76. The first kappa shape index (κ1) is 22.4. The number of hydrogen-bond donors (Lipinski definition) is 0. The standard InChI is InChI=1S/C29H36N2O/c1-7-30-27-12-13-29(5,6)18-26(27)22(4)31-14-15-32-28-11-10-24(17-25(28)19-31)23-9-8-20(2)21(3)16-23/h7-11,16-17H,4,12-15,18-19H2,1-3,5-6H3. The number of fused-ring (bicyclic) bond motifs is 1. The molecule has 0 atom stereocenters. The van der Waals surface area contributed by atoms with Crippen molar-refractivity contribution in [3.05, 3.63) is 76.6 Å². The van der Waals surface area contributed by atoms with Gasteiger partial charge in [-0.3, -0.25) is 4.99 Å². The molecule has 0 bridgehead atoms. The zero-order chi connectivity index (χ0) is 22.9. The summed E-state index contributed by atoms with van der Waals surface area (Å²) in [7, 11) is 0. The van der Waals surface area contributed by atoms with Crippen LogP contribution in [0.1, 0.15) is 56.7 Å². The maximum absolute atomic E-state index is 6.14. The van der Waals surface area contributed by atoms with E-state index in [-0.39, 0.29) is 5.41 Å². The highest BCUT2D eigenvalue weighted by molar-refractivity contribution is 5.67. The van der Waals surface area contributed by atoms with Gasteiger partial charge in [0.15, 0.2) is 0 Å². The molecule has 32 heavy (non-hydrogen) atoms. The van der Waals surface area contributed by atoms with Gasteiger partial charge in [-0.15, -0.1) is 0 Å². The number of benzene rings is 2. The molecule has 0 spiro atoms. The molecule has 0 unspecified atom stereocenters. The van der Waals surface area contributed by atoms with Gasteiger partial charge in [0.1, 0.15) is 12.4 Å². The summed E-state index contributed by atoms with van der Waals surface area (Å²) in [4.78, 5) is 7.11. The molecule has 3 nitrogen and oxygen atoms in total. The van der Waals surface area contributed by atoms with Gasteiger partial charge in [-0.1, -0.05) is 44.7 Å². The molecule has 2 aliphatic rings. The average molecular weight is 429 g/mol. The van der Waals surface area contributed by atoms with Crippen molar-refractivity contribution in [3.8, 4) is 16.9 Å². The lowest BCUT2D eigenvalue weighted by atomic mass is 9.75. The van der Waals surface area contributed by atoms with E-state index in [9.17, 15) is 0 Å². The fraction of sp³-hybridized carbons (Fsp3) is 0.414. The Hall–Kier alpha value is -2.81. The van der Waals surface area contributed by atoms with Gasteiger partial charge < -0.3 is 9.64 Å². The van der Waals surface area contributed by atoms with Crippen LogP contribution in [0.5, 0.6) is 5.75 Å². The summed E-state index contributed by atoms with van der Waals surface area (Å²) in [5, 5.41) is 0. The number of aliphatic imine (C=N–C) groups is 1. The average Bonchev–Trinajstić information content (AvgIpc) is 2.98. The Morgan fingerprint density at radius 3 is 2.59 bits per heavy atom. The second kappa shape index (κ2) is 8.97. The Bertz CT molecular complexity index is 1090. The largest absolute Gasteiger partial charge is 0.491 e. The van der Waals surface area contributed by atoms with E-state index in [0.717, 1.165) is 37.4 Å². The van der Waals surface area contributed by atoms with Crippen LogP contribution in [-0.4, -0.2) is 24.3 Å². The van der Waals surface area contributed by atoms with Gasteiger partial charge in [0, 0.05) is 29.7 Å². The molecule has 0 radical (unpaired) electrons. The Kier molecular flexibility index (Phi) is 6.28. The summed E-state index contributed by atoms with van der Waals surface area (Å²) in [5.74, 6) is 0.984. The van der Waals surface area contributed by atoms with Crippen molar-refractivity contribution >= 4 is 6.21 Å². The SMILES string of the molecule is C=C(C1=C(N=CC)CCC(C)(C)C1)N1CCOc2ccc(-c3ccc(C)c(C)c3)cc2C1. The Balaban J connectivity index is 1.65. The molecule has 3 heteroatoms. The first-order chi connectivity index (χ1) is 15.3. The zero-order valence-corrected chi connectivity index (χ0v) is 20.3. The van der Waals surface area contributed by atoms with Crippen molar-refractivity contribution in [2.45, 2.75) is 60.4 Å². The molecule has 4 rings (SSSR count). The van der Waals surface area contributed by atoms with E-state index in [1.54, 1.807) is 0 Å². The third-order valence-corrected chi connectivity index (χ3v) is 6.94. The molecular weight excluding hydrogens is 392 g/mol. The minimum absolute atomic E-state index is 0.280. The minimum atomic E-state index is 0.280. The van der Waals surface area contributed by atoms with E-state index in [1.807, 2.05) is 13.1 Å². The molecule has 0 fully saturated rings. The molecule has 2 aromatic carbocycles. The number of rotatable bonds is 4. The summed E-state index contributed by atoms with van der Waals surface area (Å²) < 4.78 is 6.14. The lowest BCUT2D eigenvalue weighted by Gasteiger charge is -2.36. The topological polar surface area (TPSA) is 24.8 Å². The zero-order valence-electron chi connectivity index (χ0n) is 20.3. The van der Waals surface area contributed by atoms with E-state index in [4.69, 9.17) is 9.73 Å². The molecule has 168 valence electrons. The number of allylic oxidation sites excluding steroid dienone is 2. The maximum atomic E-state index is 6.14. The van der Waals surface area contributed by atoms with Crippen LogP contribution in [0.4, 0.5) is 0 Å². The van der Waals surface area contributed by atoms with Crippen molar-refractivity contribution in [2.75, 3.05) is 13.2 Å². The maximum Gasteiger partial charge on any atom is 0.124 e. The first-order valence-electron chi connectivity index (χ1n) is 11.8.